The molecular formula is C14H13BrFNO. The van der Waals surface area contributed by atoms with Crippen molar-refractivity contribution in [1.82, 2.24) is 0 Å². The molecule has 0 unspecified atom stereocenters. The molecule has 0 aromatic heterocycles. The van der Waals surface area contributed by atoms with Gasteiger partial charge in [-0.3, -0.25) is 0 Å². The van der Waals surface area contributed by atoms with Crippen molar-refractivity contribution in [2.75, 3.05) is 12.4 Å². The van der Waals surface area contributed by atoms with Gasteiger partial charge in [0, 0.05) is 17.1 Å². The first-order chi connectivity index (χ1) is 8.69. The summed E-state index contributed by atoms with van der Waals surface area (Å²) in [4.78, 5) is 0. The maximum Gasteiger partial charge on any atom is 0.144 e. The Kier molecular flexibility index (Phi) is 4.20. The van der Waals surface area contributed by atoms with Gasteiger partial charge in [0.15, 0.2) is 0 Å². The minimum atomic E-state index is -0.305. The van der Waals surface area contributed by atoms with Gasteiger partial charge in [0.05, 0.1) is 12.8 Å². The Hall–Kier alpha value is -1.55. The van der Waals surface area contributed by atoms with Crippen LogP contribution in [0.25, 0.3) is 0 Å². The monoisotopic (exact) mass is 309 g/mol. The number of anilines is 1. The number of nitrogens with one attached hydrogen (secondary N) is 1. The van der Waals surface area contributed by atoms with Crippen LogP contribution >= 0.6 is 15.9 Å². The summed E-state index contributed by atoms with van der Waals surface area (Å²) in [7, 11) is 1.53. The second-order valence-electron chi connectivity index (χ2n) is 3.82. The van der Waals surface area contributed by atoms with Gasteiger partial charge in [-0.2, -0.15) is 0 Å². The Morgan fingerprint density at radius 3 is 2.56 bits per heavy atom. The van der Waals surface area contributed by atoms with Gasteiger partial charge in [0.1, 0.15) is 11.6 Å². The molecule has 1 N–H and O–H groups in total. The minimum absolute atomic E-state index is 0.305. The standard InChI is InChI=1S/C14H13BrFNO/c1-18-14-8-12(16)6-7-13(14)17-9-10-2-4-11(15)5-3-10/h2-8,17H,9H2,1H3. The summed E-state index contributed by atoms with van der Waals surface area (Å²) in [6.45, 7) is 0.662. The van der Waals surface area contributed by atoms with Gasteiger partial charge in [-0.05, 0) is 29.8 Å². The molecular weight excluding hydrogens is 297 g/mol. The van der Waals surface area contributed by atoms with Crippen molar-refractivity contribution in [1.29, 1.82) is 0 Å². The third-order valence-corrected chi connectivity index (χ3v) is 3.09. The third kappa shape index (κ3) is 3.23. The number of benzene rings is 2. The molecule has 0 spiro atoms. The first kappa shape index (κ1) is 12.9. The lowest BCUT2D eigenvalue weighted by atomic mass is 10.2. The normalized spacial score (nSPS) is 10.2. The summed E-state index contributed by atoms with van der Waals surface area (Å²) in [5.41, 5.74) is 1.92. The Morgan fingerprint density at radius 2 is 1.89 bits per heavy atom. The Bertz CT molecular complexity index is 528. The van der Waals surface area contributed by atoms with E-state index in [1.54, 1.807) is 6.07 Å². The van der Waals surface area contributed by atoms with Crippen molar-refractivity contribution in [3.8, 4) is 5.75 Å². The molecule has 0 aliphatic heterocycles. The maximum atomic E-state index is 13.0. The molecule has 94 valence electrons. The quantitative estimate of drug-likeness (QED) is 0.913. The van der Waals surface area contributed by atoms with Gasteiger partial charge in [0.25, 0.3) is 0 Å². The van der Waals surface area contributed by atoms with E-state index in [2.05, 4.69) is 21.2 Å². The number of rotatable bonds is 4. The molecule has 2 nitrogen and oxygen atoms in total. The minimum Gasteiger partial charge on any atom is -0.494 e. The molecule has 2 rings (SSSR count). The van der Waals surface area contributed by atoms with Crippen molar-refractivity contribution < 1.29 is 9.13 Å². The molecule has 0 saturated heterocycles. The van der Waals surface area contributed by atoms with Gasteiger partial charge in [0.2, 0.25) is 0 Å². The van der Waals surface area contributed by atoms with Crippen LogP contribution in [0, 0.1) is 5.82 Å². The Balaban J connectivity index is 2.08. The van der Waals surface area contributed by atoms with Crippen LogP contribution in [0.5, 0.6) is 5.75 Å². The van der Waals surface area contributed by atoms with Gasteiger partial charge in [-0.1, -0.05) is 28.1 Å². The fourth-order valence-corrected chi connectivity index (χ4v) is 1.87. The van der Waals surface area contributed by atoms with Crippen LogP contribution in [-0.2, 0) is 6.54 Å². The fraction of sp³-hybridized carbons (Fsp3) is 0.143. The molecule has 0 atom stereocenters. The van der Waals surface area contributed by atoms with Crippen LogP contribution in [0.1, 0.15) is 5.56 Å². The van der Waals surface area contributed by atoms with Gasteiger partial charge in [-0.25, -0.2) is 4.39 Å². The first-order valence-electron chi connectivity index (χ1n) is 5.51. The highest BCUT2D eigenvalue weighted by molar-refractivity contribution is 9.10. The van der Waals surface area contributed by atoms with E-state index in [0.717, 1.165) is 15.7 Å². The second-order valence-corrected chi connectivity index (χ2v) is 4.74. The van der Waals surface area contributed by atoms with E-state index in [4.69, 9.17) is 4.74 Å². The maximum absolute atomic E-state index is 13.0. The summed E-state index contributed by atoms with van der Waals surface area (Å²) >= 11 is 3.39. The first-order valence-corrected chi connectivity index (χ1v) is 6.30. The van der Waals surface area contributed by atoms with Gasteiger partial charge in [-0.15, -0.1) is 0 Å². The molecule has 0 heterocycles. The van der Waals surface area contributed by atoms with Crippen molar-refractivity contribution in [2.45, 2.75) is 6.54 Å². The number of ether oxygens (including phenoxy) is 1. The molecule has 4 heteroatoms. The number of methoxy groups -OCH3 is 1. The lowest BCUT2D eigenvalue weighted by Crippen LogP contribution is -2.01. The predicted molar refractivity (Wildman–Crippen MR) is 74.4 cm³/mol. The van der Waals surface area contributed by atoms with E-state index in [0.29, 0.717) is 12.3 Å². The number of hydrogen-bond acceptors (Lipinski definition) is 2. The summed E-state index contributed by atoms with van der Waals surface area (Å²) in [6, 6.07) is 12.5. The van der Waals surface area contributed by atoms with Crippen LogP contribution in [-0.4, -0.2) is 7.11 Å². The molecule has 0 bridgehead atoms. The molecule has 0 radical (unpaired) electrons. The Labute approximate surface area is 114 Å². The molecule has 0 fully saturated rings. The van der Waals surface area contributed by atoms with Crippen LogP contribution in [0.4, 0.5) is 10.1 Å². The molecule has 0 saturated carbocycles. The predicted octanol–water partition coefficient (Wildman–Crippen LogP) is 4.21. The molecule has 0 aliphatic carbocycles. The van der Waals surface area contributed by atoms with Crippen molar-refractivity contribution in [2.24, 2.45) is 0 Å². The lowest BCUT2D eigenvalue weighted by Gasteiger charge is -2.11. The summed E-state index contributed by atoms with van der Waals surface area (Å²) in [5, 5.41) is 3.22. The summed E-state index contributed by atoms with van der Waals surface area (Å²) < 4.78 is 19.2. The highest BCUT2D eigenvalue weighted by Crippen LogP contribution is 2.25. The average Bonchev–Trinajstić information content (AvgIpc) is 2.39. The van der Waals surface area contributed by atoms with E-state index in [1.165, 1.54) is 19.2 Å². The molecule has 2 aromatic rings. The zero-order valence-electron chi connectivity index (χ0n) is 9.91. The van der Waals surface area contributed by atoms with Gasteiger partial charge >= 0.3 is 0 Å². The van der Waals surface area contributed by atoms with Crippen LogP contribution in [0.15, 0.2) is 46.9 Å². The summed E-state index contributed by atoms with van der Waals surface area (Å²) in [5.74, 6) is 0.202. The average molecular weight is 310 g/mol. The smallest absolute Gasteiger partial charge is 0.144 e. The van der Waals surface area contributed by atoms with Gasteiger partial charge < -0.3 is 10.1 Å². The van der Waals surface area contributed by atoms with E-state index in [-0.39, 0.29) is 5.82 Å². The third-order valence-electron chi connectivity index (χ3n) is 2.56. The second kappa shape index (κ2) is 5.87. The van der Waals surface area contributed by atoms with Crippen LogP contribution in [0.2, 0.25) is 0 Å². The SMILES string of the molecule is COc1cc(F)ccc1NCc1ccc(Br)cc1. The molecule has 0 amide bonds. The van der Waals surface area contributed by atoms with Crippen LogP contribution in [0.3, 0.4) is 0 Å². The number of halogens is 2. The largest absolute Gasteiger partial charge is 0.494 e. The molecule has 2 aromatic carbocycles. The van der Waals surface area contributed by atoms with Crippen LogP contribution < -0.4 is 10.1 Å². The van der Waals surface area contributed by atoms with Crippen molar-refractivity contribution in [3.63, 3.8) is 0 Å². The van der Waals surface area contributed by atoms with E-state index in [9.17, 15) is 4.39 Å². The highest BCUT2D eigenvalue weighted by Gasteiger charge is 2.04. The zero-order chi connectivity index (χ0) is 13.0. The van der Waals surface area contributed by atoms with E-state index >= 15 is 0 Å². The molecule has 18 heavy (non-hydrogen) atoms. The van der Waals surface area contributed by atoms with Crippen molar-refractivity contribution >= 4 is 21.6 Å². The fourth-order valence-electron chi connectivity index (χ4n) is 1.61. The molecule has 0 aliphatic rings. The Morgan fingerprint density at radius 1 is 1.17 bits per heavy atom. The lowest BCUT2D eigenvalue weighted by molar-refractivity contribution is 0.413. The van der Waals surface area contributed by atoms with E-state index < -0.39 is 0 Å². The number of hydrogen-bond donors (Lipinski definition) is 1. The van der Waals surface area contributed by atoms with Crippen molar-refractivity contribution in [3.05, 3.63) is 58.3 Å². The highest BCUT2D eigenvalue weighted by atomic mass is 79.9. The zero-order valence-corrected chi connectivity index (χ0v) is 11.5. The van der Waals surface area contributed by atoms with E-state index in [1.807, 2.05) is 24.3 Å². The topological polar surface area (TPSA) is 21.3 Å². The summed E-state index contributed by atoms with van der Waals surface area (Å²) in [6.07, 6.45) is 0.